The normalized spacial score (nSPS) is 12.0. The Balaban J connectivity index is 2.96. The average Bonchev–Trinajstić information content (AvgIpc) is 2.11. The summed E-state index contributed by atoms with van der Waals surface area (Å²) >= 11 is 1.65. The maximum absolute atomic E-state index is 11.7. The molecule has 0 fully saturated rings. The lowest BCUT2D eigenvalue weighted by molar-refractivity contribution is -0.141. The molecule has 0 bridgehead atoms. The van der Waals surface area contributed by atoms with Crippen LogP contribution in [0.2, 0.25) is 0 Å². The highest BCUT2D eigenvalue weighted by Gasteiger charge is 2.33. The number of nitrogens with zero attached hydrogens (tertiary/aromatic N) is 2. The van der Waals surface area contributed by atoms with Gasteiger partial charge in [0, 0.05) is 6.20 Å². The first-order valence-electron chi connectivity index (χ1n) is 2.29. The van der Waals surface area contributed by atoms with Gasteiger partial charge in [-0.2, -0.15) is 18.3 Å². The Morgan fingerprint density at radius 2 is 2.10 bits per heavy atom. The third-order valence-corrected chi connectivity index (χ3v) is 1.39. The van der Waals surface area contributed by atoms with Crippen LogP contribution in [0, 0.1) is 0 Å². The zero-order valence-corrected chi connectivity index (χ0v) is 6.72. The first-order chi connectivity index (χ1) is 4.50. The van der Waals surface area contributed by atoms with Crippen LogP contribution in [0.3, 0.4) is 0 Å². The van der Waals surface area contributed by atoms with E-state index >= 15 is 0 Å². The van der Waals surface area contributed by atoms with Crippen LogP contribution in [0.1, 0.15) is 5.69 Å². The van der Waals surface area contributed by atoms with Crippen LogP contribution in [0.4, 0.5) is 13.2 Å². The Kier molecular flexibility index (Phi) is 1.88. The minimum atomic E-state index is -4.32. The van der Waals surface area contributed by atoms with Crippen molar-refractivity contribution in [3.63, 3.8) is 0 Å². The van der Waals surface area contributed by atoms with Gasteiger partial charge in [-0.15, -0.1) is 0 Å². The first kappa shape index (κ1) is 7.83. The van der Waals surface area contributed by atoms with Crippen molar-refractivity contribution < 1.29 is 13.2 Å². The Morgan fingerprint density at radius 1 is 1.50 bits per heavy atom. The summed E-state index contributed by atoms with van der Waals surface area (Å²) in [5, 5.41) is 3.16. The van der Waals surface area contributed by atoms with E-state index in [2.05, 4.69) is 5.10 Å². The highest BCUT2D eigenvalue weighted by Crippen LogP contribution is 2.27. The van der Waals surface area contributed by atoms with E-state index in [4.69, 9.17) is 0 Å². The second kappa shape index (κ2) is 2.40. The molecule has 0 aromatic carbocycles. The summed E-state index contributed by atoms with van der Waals surface area (Å²) in [6.45, 7) is 0. The van der Waals surface area contributed by atoms with Crippen molar-refractivity contribution in [2.45, 2.75) is 6.18 Å². The van der Waals surface area contributed by atoms with Gasteiger partial charge in [0.15, 0.2) is 5.69 Å². The van der Waals surface area contributed by atoms with Gasteiger partial charge in [-0.3, -0.25) is 0 Å². The molecule has 0 atom stereocenters. The Morgan fingerprint density at radius 3 is 2.30 bits per heavy atom. The van der Waals surface area contributed by atoms with Gasteiger partial charge in [-0.25, -0.2) is 2.90 Å². The lowest BCUT2D eigenvalue weighted by Crippen LogP contribution is -2.05. The van der Waals surface area contributed by atoms with Crippen LogP contribution in [0.25, 0.3) is 0 Å². The van der Waals surface area contributed by atoms with E-state index < -0.39 is 11.9 Å². The molecule has 6 heteroatoms. The zero-order chi connectivity index (χ0) is 7.78. The lowest BCUT2D eigenvalue weighted by Gasteiger charge is -1.98. The van der Waals surface area contributed by atoms with Gasteiger partial charge >= 0.3 is 6.18 Å². The quantitative estimate of drug-likeness (QED) is 0.654. The fourth-order valence-electron chi connectivity index (χ4n) is 0.453. The Labute approximate surface area is 68.5 Å². The summed E-state index contributed by atoms with van der Waals surface area (Å²) in [6.07, 6.45) is -3.08. The SMILES string of the molecule is FC(F)(F)c1ccn(I)n1. The first-order valence-corrected chi connectivity index (χ1v) is 3.25. The highest BCUT2D eigenvalue weighted by molar-refractivity contribution is 14.1. The fourth-order valence-corrected chi connectivity index (χ4v) is 0.846. The summed E-state index contributed by atoms with van der Waals surface area (Å²) in [5.41, 5.74) is -0.859. The molecule has 1 heterocycles. The maximum Gasteiger partial charge on any atom is 0.435 e. The third-order valence-electron chi connectivity index (χ3n) is 0.849. The van der Waals surface area contributed by atoms with Gasteiger partial charge in [0.05, 0.1) is 22.9 Å². The van der Waals surface area contributed by atoms with E-state index in [0.29, 0.717) is 0 Å². The Hall–Kier alpha value is -0.270. The largest absolute Gasteiger partial charge is 0.435 e. The second-order valence-electron chi connectivity index (χ2n) is 1.59. The van der Waals surface area contributed by atoms with Crippen molar-refractivity contribution in [2.75, 3.05) is 0 Å². The standard InChI is InChI=1S/C4H2F3IN2/c5-4(6,7)3-1-2-10(8)9-3/h1-2H. The monoisotopic (exact) mass is 262 g/mol. The van der Waals surface area contributed by atoms with Gasteiger partial charge in [-0.1, -0.05) is 0 Å². The summed E-state index contributed by atoms with van der Waals surface area (Å²) in [4.78, 5) is 0. The molecule has 0 saturated heterocycles. The zero-order valence-electron chi connectivity index (χ0n) is 4.56. The van der Waals surface area contributed by atoms with Crippen LogP contribution < -0.4 is 0 Å². The van der Waals surface area contributed by atoms with Crippen LogP contribution in [-0.2, 0) is 6.18 Å². The van der Waals surface area contributed by atoms with Crippen LogP contribution in [0.5, 0.6) is 0 Å². The molecule has 56 valence electrons. The molecule has 0 N–H and O–H groups in total. The molecule has 0 radical (unpaired) electrons. The van der Waals surface area contributed by atoms with E-state index in [9.17, 15) is 13.2 Å². The fraction of sp³-hybridized carbons (Fsp3) is 0.250. The van der Waals surface area contributed by atoms with E-state index in [1.165, 1.54) is 6.20 Å². The van der Waals surface area contributed by atoms with Crippen LogP contribution in [-0.4, -0.2) is 7.99 Å². The van der Waals surface area contributed by atoms with Crippen molar-refractivity contribution in [3.8, 4) is 0 Å². The number of rotatable bonds is 0. The summed E-state index contributed by atoms with van der Waals surface area (Å²) in [5.74, 6) is 0. The minimum absolute atomic E-state index is 0.859. The average molecular weight is 262 g/mol. The molecule has 1 aromatic heterocycles. The van der Waals surface area contributed by atoms with E-state index in [1.807, 2.05) is 0 Å². The smallest absolute Gasteiger partial charge is 0.211 e. The Bertz CT molecular complexity index is 229. The van der Waals surface area contributed by atoms with E-state index in [0.717, 1.165) is 8.96 Å². The molecule has 1 aromatic rings. The molecule has 0 saturated carbocycles. The summed E-state index contributed by atoms with van der Waals surface area (Å²) in [7, 11) is 0. The van der Waals surface area contributed by atoms with Crippen molar-refractivity contribution in [1.82, 2.24) is 7.99 Å². The van der Waals surface area contributed by atoms with Crippen LogP contribution in [0.15, 0.2) is 12.3 Å². The molecule has 0 aliphatic rings. The number of aromatic nitrogens is 2. The van der Waals surface area contributed by atoms with E-state index in [1.54, 1.807) is 22.9 Å². The summed E-state index contributed by atoms with van der Waals surface area (Å²) < 4.78 is 36.3. The molecule has 0 unspecified atom stereocenters. The van der Waals surface area contributed by atoms with Crippen molar-refractivity contribution in [1.29, 1.82) is 0 Å². The van der Waals surface area contributed by atoms with Crippen molar-refractivity contribution in [2.24, 2.45) is 0 Å². The van der Waals surface area contributed by atoms with Gasteiger partial charge in [0.25, 0.3) is 0 Å². The van der Waals surface area contributed by atoms with Gasteiger partial charge in [-0.05, 0) is 6.07 Å². The minimum Gasteiger partial charge on any atom is -0.211 e. The molecular weight excluding hydrogens is 260 g/mol. The van der Waals surface area contributed by atoms with Crippen molar-refractivity contribution >= 4 is 22.9 Å². The topological polar surface area (TPSA) is 17.8 Å². The molecule has 1 rings (SSSR count). The molecule has 0 aliphatic heterocycles. The molecule has 0 amide bonds. The second-order valence-corrected chi connectivity index (χ2v) is 2.58. The van der Waals surface area contributed by atoms with Gasteiger partial charge in [0.2, 0.25) is 0 Å². The summed E-state index contributed by atoms with van der Waals surface area (Å²) in [6, 6.07) is 0.923. The molecule has 0 spiro atoms. The van der Waals surface area contributed by atoms with Crippen LogP contribution >= 0.6 is 22.9 Å². The van der Waals surface area contributed by atoms with Crippen molar-refractivity contribution in [3.05, 3.63) is 18.0 Å². The predicted octanol–water partition coefficient (Wildman–Crippen LogP) is 2.10. The van der Waals surface area contributed by atoms with Gasteiger partial charge in [0.1, 0.15) is 0 Å². The third kappa shape index (κ3) is 1.61. The predicted molar refractivity (Wildman–Crippen MR) is 36.6 cm³/mol. The van der Waals surface area contributed by atoms with E-state index in [-0.39, 0.29) is 0 Å². The van der Waals surface area contributed by atoms with Gasteiger partial charge < -0.3 is 0 Å². The lowest BCUT2D eigenvalue weighted by atomic mass is 10.4. The number of hydrogen-bond acceptors (Lipinski definition) is 1. The number of hydrogen-bond donors (Lipinski definition) is 0. The number of halogens is 4. The number of alkyl halides is 3. The maximum atomic E-state index is 11.7. The molecule has 10 heavy (non-hydrogen) atoms. The molecule has 0 aliphatic carbocycles. The highest BCUT2D eigenvalue weighted by atomic mass is 127. The molecule has 2 nitrogen and oxygen atoms in total. The molecular formula is C4H2F3IN2.